The minimum atomic E-state index is 0. The van der Waals surface area contributed by atoms with E-state index in [2.05, 4.69) is 35.1 Å². The molecule has 4 rings (SSSR count). The molecule has 0 aliphatic carbocycles. The first-order valence-electron chi connectivity index (χ1n) is 8.47. The third-order valence-corrected chi connectivity index (χ3v) is 4.32. The number of aromatic nitrogens is 5. The van der Waals surface area contributed by atoms with Crippen LogP contribution >= 0.6 is 24.8 Å². The Balaban J connectivity index is 0.00000121. The second-order valence-corrected chi connectivity index (χ2v) is 6.64. The second-order valence-electron chi connectivity index (χ2n) is 6.64. The van der Waals surface area contributed by atoms with Gasteiger partial charge in [-0.05, 0) is 43.0 Å². The summed E-state index contributed by atoms with van der Waals surface area (Å²) in [7, 11) is 0. The van der Waals surface area contributed by atoms with Crippen molar-refractivity contribution in [3.05, 3.63) is 54.4 Å². The SMILES string of the molecule is CC(C)CCC(c1nc2ccccc2[nH]1)n1nc2ccccc2n1.Cl.Cl. The lowest BCUT2D eigenvalue weighted by atomic mass is 10.0. The van der Waals surface area contributed by atoms with E-state index in [-0.39, 0.29) is 30.9 Å². The molecule has 5 nitrogen and oxygen atoms in total. The normalized spacial score (nSPS) is 12.1. The van der Waals surface area contributed by atoms with Crippen molar-refractivity contribution >= 4 is 46.9 Å². The third-order valence-electron chi connectivity index (χ3n) is 4.32. The van der Waals surface area contributed by atoms with Gasteiger partial charge < -0.3 is 4.98 Å². The van der Waals surface area contributed by atoms with Gasteiger partial charge in [-0.1, -0.05) is 38.1 Å². The number of H-pyrrole nitrogens is 1. The molecular formula is C19H23Cl2N5. The molecule has 0 saturated carbocycles. The van der Waals surface area contributed by atoms with E-state index < -0.39 is 0 Å². The van der Waals surface area contributed by atoms with Crippen LogP contribution < -0.4 is 0 Å². The lowest BCUT2D eigenvalue weighted by molar-refractivity contribution is 0.389. The van der Waals surface area contributed by atoms with Crippen molar-refractivity contribution in [1.29, 1.82) is 0 Å². The van der Waals surface area contributed by atoms with E-state index in [9.17, 15) is 0 Å². The fourth-order valence-electron chi connectivity index (χ4n) is 3.00. The van der Waals surface area contributed by atoms with Crippen LogP contribution in [-0.2, 0) is 0 Å². The molecule has 2 aromatic carbocycles. The fraction of sp³-hybridized carbons (Fsp3) is 0.316. The first-order valence-corrected chi connectivity index (χ1v) is 8.47. The number of nitrogens with zero attached hydrogens (tertiary/aromatic N) is 4. The highest BCUT2D eigenvalue weighted by Crippen LogP contribution is 2.25. The topological polar surface area (TPSA) is 59.4 Å². The second kappa shape index (κ2) is 8.52. The van der Waals surface area contributed by atoms with Crippen LogP contribution in [0.5, 0.6) is 0 Å². The minimum Gasteiger partial charge on any atom is -0.340 e. The Labute approximate surface area is 165 Å². The van der Waals surface area contributed by atoms with E-state index in [1.165, 1.54) is 0 Å². The van der Waals surface area contributed by atoms with E-state index in [0.717, 1.165) is 40.7 Å². The van der Waals surface area contributed by atoms with Gasteiger partial charge >= 0.3 is 0 Å². The number of hydrogen-bond donors (Lipinski definition) is 1. The van der Waals surface area contributed by atoms with Gasteiger partial charge in [-0.3, -0.25) is 0 Å². The van der Waals surface area contributed by atoms with Crippen LogP contribution in [0, 0.1) is 5.92 Å². The largest absolute Gasteiger partial charge is 0.340 e. The number of hydrogen-bond acceptors (Lipinski definition) is 3. The van der Waals surface area contributed by atoms with Gasteiger partial charge in [0.1, 0.15) is 22.9 Å². The van der Waals surface area contributed by atoms with E-state index >= 15 is 0 Å². The van der Waals surface area contributed by atoms with Gasteiger partial charge in [-0.2, -0.15) is 15.0 Å². The Bertz CT molecular complexity index is 836. The maximum Gasteiger partial charge on any atom is 0.134 e. The molecule has 1 atom stereocenters. The molecule has 2 heterocycles. The van der Waals surface area contributed by atoms with Crippen molar-refractivity contribution in [3.8, 4) is 0 Å². The van der Waals surface area contributed by atoms with Crippen molar-refractivity contribution < 1.29 is 0 Å². The molecule has 138 valence electrons. The molecule has 0 amide bonds. The molecule has 26 heavy (non-hydrogen) atoms. The summed E-state index contributed by atoms with van der Waals surface area (Å²) in [5.74, 6) is 1.55. The molecular weight excluding hydrogens is 369 g/mol. The van der Waals surface area contributed by atoms with Crippen LogP contribution in [0.15, 0.2) is 48.5 Å². The average Bonchev–Trinajstić information content (AvgIpc) is 3.18. The molecule has 0 aliphatic rings. The summed E-state index contributed by atoms with van der Waals surface area (Å²) in [4.78, 5) is 10.1. The van der Waals surface area contributed by atoms with Crippen molar-refractivity contribution in [1.82, 2.24) is 25.0 Å². The van der Waals surface area contributed by atoms with E-state index in [1.807, 2.05) is 47.3 Å². The Morgan fingerprint density at radius 3 is 2.00 bits per heavy atom. The maximum atomic E-state index is 4.78. The Kier molecular flexibility index (Phi) is 6.62. The summed E-state index contributed by atoms with van der Waals surface area (Å²) >= 11 is 0. The molecule has 1 N–H and O–H groups in total. The number of benzene rings is 2. The van der Waals surface area contributed by atoms with Gasteiger partial charge in [0.25, 0.3) is 0 Å². The Morgan fingerprint density at radius 1 is 0.846 bits per heavy atom. The molecule has 0 radical (unpaired) electrons. The number of nitrogens with one attached hydrogen (secondary N) is 1. The standard InChI is InChI=1S/C19H21N5.2ClH/c1-13(2)11-12-18(19-20-14-7-3-4-8-15(14)21-19)24-22-16-9-5-6-10-17(16)23-24;;/h3-10,13,18H,11-12H2,1-2H3,(H,20,21);2*1H. The Morgan fingerprint density at radius 2 is 1.42 bits per heavy atom. The van der Waals surface area contributed by atoms with Crippen molar-refractivity contribution in [2.75, 3.05) is 0 Å². The summed E-state index contributed by atoms with van der Waals surface area (Å²) < 4.78 is 0. The van der Waals surface area contributed by atoms with Crippen molar-refractivity contribution in [3.63, 3.8) is 0 Å². The van der Waals surface area contributed by atoms with Gasteiger partial charge in [-0.15, -0.1) is 24.8 Å². The smallest absolute Gasteiger partial charge is 0.134 e. The molecule has 1 unspecified atom stereocenters. The minimum absolute atomic E-state index is 0. The number of halogens is 2. The number of aromatic amines is 1. The van der Waals surface area contributed by atoms with E-state index in [4.69, 9.17) is 4.98 Å². The molecule has 4 aromatic rings. The number of imidazole rings is 1. The molecule has 0 saturated heterocycles. The van der Waals surface area contributed by atoms with Crippen LogP contribution in [0.2, 0.25) is 0 Å². The highest BCUT2D eigenvalue weighted by Gasteiger charge is 2.21. The van der Waals surface area contributed by atoms with Crippen LogP contribution in [-0.4, -0.2) is 25.0 Å². The summed E-state index contributed by atoms with van der Waals surface area (Å²) in [6.45, 7) is 4.48. The third kappa shape index (κ3) is 4.00. The van der Waals surface area contributed by atoms with E-state index in [0.29, 0.717) is 5.92 Å². The summed E-state index contributed by atoms with van der Waals surface area (Å²) in [6, 6.07) is 16.1. The average molecular weight is 392 g/mol. The highest BCUT2D eigenvalue weighted by atomic mass is 35.5. The number of para-hydroxylation sites is 2. The molecule has 2 aromatic heterocycles. The summed E-state index contributed by atoms with van der Waals surface area (Å²) in [5.41, 5.74) is 3.88. The first kappa shape index (κ1) is 20.2. The predicted octanol–water partition coefficient (Wildman–Crippen LogP) is 5.18. The molecule has 0 fully saturated rings. The predicted molar refractivity (Wildman–Crippen MR) is 110 cm³/mol. The van der Waals surface area contributed by atoms with Crippen molar-refractivity contribution in [2.45, 2.75) is 32.7 Å². The number of fused-ring (bicyclic) bond motifs is 2. The first-order chi connectivity index (χ1) is 11.7. The van der Waals surface area contributed by atoms with Gasteiger partial charge in [0, 0.05) is 0 Å². The van der Waals surface area contributed by atoms with Gasteiger partial charge in [0.15, 0.2) is 0 Å². The summed E-state index contributed by atoms with van der Waals surface area (Å²) in [5, 5.41) is 9.37. The molecule has 0 spiro atoms. The van der Waals surface area contributed by atoms with Gasteiger partial charge in [0.2, 0.25) is 0 Å². The molecule has 7 heteroatoms. The highest BCUT2D eigenvalue weighted by molar-refractivity contribution is 5.85. The quantitative estimate of drug-likeness (QED) is 0.509. The fourth-order valence-corrected chi connectivity index (χ4v) is 3.00. The zero-order chi connectivity index (χ0) is 16.5. The molecule has 0 aliphatic heterocycles. The van der Waals surface area contributed by atoms with Crippen LogP contribution in [0.1, 0.15) is 38.6 Å². The van der Waals surface area contributed by atoms with Gasteiger partial charge in [-0.25, -0.2) is 4.98 Å². The van der Waals surface area contributed by atoms with E-state index in [1.54, 1.807) is 0 Å². The lowest BCUT2D eigenvalue weighted by Crippen LogP contribution is -2.16. The zero-order valence-corrected chi connectivity index (χ0v) is 16.4. The van der Waals surface area contributed by atoms with Crippen LogP contribution in [0.4, 0.5) is 0 Å². The zero-order valence-electron chi connectivity index (χ0n) is 14.8. The Hall–Kier alpha value is -2.11. The number of rotatable bonds is 5. The monoisotopic (exact) mass is 391 g/mol. The van der Waals surface area contributed by atoms with Crippen LogP contribution in [0.25, 0.3) is 22.1 Å². The van der Waals surface area contributed by atoms with Crippen molar-refractivity contribution in [2.24, 2.45) is 5.92 Å². The van der Waals surface area contributed by atoms with Crippen LogP contribution in [0.3, 0.4) is 0 Å². The van der Waals surface area contributed by atoms with Gasteiger partial charge in [0.05, 0.1) is 11.0 Å². The maximum absolute atomic E-state index is 4.78. The molecule has 0 bridgehead atoms. The lowest BCUT2D eigenvalue weighted by Gasteiger charge is -2.15. The summed E-state index contributed by atoms with van der Waals surface area (Å²) in [6.07, 6.45) is 2.05.